The minimum Gasteiger partial charge on any atom is -0.480 e. The fourth-order valence-corrected chi connectivity index (χ4v) is 2.64. The van der Waals surface area contributed by atoms with Gasteiger partial charge in [0.25, 0.3) is 5.91 Å². The Hall–Kier alpha value is -1.60. The lowest BCUT2D eigenvalue weighted by atomic mass is 9.94. The highest BCUT2D eigenvalue weighted by molar-refractivity contribution is 5.78. The average Bonchev–Trinajstić information content (AvgIpc) is 2.70. The number of amides is 1. The minimum absolute atomic E-state index is 0.0884. The second-order valence-corrected chi connectivity index (χ2v) is 5.71. The highest BCUT2D eigenvalue weighted by atomic mass is 16.5. The number of β-amino-alcohol motifs (C(OH)–C–C–N with tert-alkyl or cyclic N) is 1. The SMILES string of the molecule is Cc1nn(C)c(C)c1OCC(=O)N1CCCC(O)(CO)C1. The van der Waals surface area contributed by atoms with Crippen LogP contribution in [0.2, 0.25) is 0 Å². The summed E-state index contributed by atoms with van der Waals surface area (Å²) >= 11 is 0. The molecule has 2 heterocycles. The van der Waals surface area contributed by atoms with E-state index in [1.54, 1.807) is 9.58 Å². The summed E-state index contributed by atoms with van der Waals surface area (Å²) in [4.78, 5) is 13.7. The Labute approximate surface area is 124 Å². The van der Waals surface area contributed by atoms with Crippen molar-refractivity contribution in [2.75, 3.05) is 26.3 Å². The van der Waals surface area contributed by atoms with E-state index >= 15 is 0 Å². The topological polar surface area (TPSA) is 87.8 Å². The molecule has 1 aromatic rings. The molecule has 1 unspecified atom stereocenters. The number of aromatic nitrogens is 2. The van der Waals surface area contributed by atoms with Gasteiger partial charge in [0.1, 0.15) is 11.3 Å². The number of hydrogen-bond acceptors (Lipinski definition) is 5. The second kappa shape index (κ2) is 6.03. The number of aliphatic hydroxyl groups is 2. The van der Waals surface area contributed by atoms with Crippen molar-refractivity contribution in [1.29, 1.82) is 0 Å². The minimum atomic E-state index is -1.19. The monoisotopic (exact) mass is 297 g/mol. The number of nitrogens with zero attached hydrogens (tertiary/aromatic N) is 3. The molecular formula is C14H23N3O4. The number of aliphatic hydroxyl groups excluding tert-OH is 1. The number of aryl methyl sites for hydroxylation is 2. The van der Waals surface area contributed by atoms with Crippen molar-refractivity contribution in [1.82, 2.24) is 14.7 Å². The van der Waals surface area contributed by atoms with Gasteiger partial charge in [0.2, 0.25) is 0 Å². The first-order valence-electron chi connectivity index (χ1n) is 7.10. The summed E-state index contributed by atoms with van der Waals surface area (Å²) < 4.78 is 7.30. The van der Waals surface area contributed by atoms with Crippen LogP contribution in [0.25, 0.3) is 0 Å². The predicted molar refractivity (Wildman–Crippen MR) is 76.0 cm³/mol. The summed E-state index contributed by atoms with van der Waals surface area (Å²) in [5, 5.41) is 23.5. The van der Waals surface area contributed by atoms with Crippen LogP contribution >= 0.6 is 0 Å². The van der Waals surface area contributed by atoms with E-state index in [0.29, 0.717) is 25.1 Å². The molecule has 0 bridgehead atoms. The Morgan fingerprint density at radius 1 is 1.48 bits per heavy atom. The maximum Gasteiger partial charge on any atom is 0.260 e. The Morgan fingerprint density at radius 2 is 2.19 bits per heavy atom. The van der Waals surface area contributed by atoms with Gasteiger partial charge in [-0.15, -0.1) is 0 Å². The third-order valence-electron chi connectivity index (χ3n) is 3.98. The summed E-state index contributed by atoms with van der Waals surface area (Å²) in [5.41, 5.74) is 0.424. The van der Waals surface area contributed by atoms with Crippen LogP contribution in [0.4, 0.5) is 0 Å². The van der Waals surface area contributed by atoms with E-state index in [4.69, 9.17) is 4.74 Å². The summed E-state index contributed by atoms with van der Waals surface area (Å²) in [5.74, 6) is 0.435. The molecule has 1 atom stereocenters. The molecule has 0 aliphatic carbocycles. The zero-order chi connectivity index (χ0) is 15.6. The molecule has 118 valence electrons. The van der Waals surface area contributed by atoms with E-state index in [1.807, 2.05) is 20.9 Å². The van der Waals surface area contributed by atoms with Crippen molar-refractivity contribution < 1.29 is 19.7 Å². The smallest absolute Gasteiger partial charge is 0.260 e. The van der Waals surface area contributed by atoms with Gasteiger partial charge in [-0.1, -0.05) is 0 Å². The summed E-state index contributed by atoms with van der Waals surface area (Å²) in [6.45, 7) is 4.02. The van der Waals surface area contributed by atoms with E-state index in [1.165, 1.54) is 0 Å². The molecule has 2 N–H and O–H groups in total. The van der Waals surface area contributed by atoms with E-state index < -0.39 is 5.60 Å². The first-order valence-corrected chi connectivity index (χ1v) is 7.10. The van der Waals surface area contributed by atoms with E-state index in [0.717, 1.165) is 11.4 Å². The van der Waals surface area contributed by atoms with Gasteiger partial charge < -0.3 is 19.8 Å². The zero-order valence-corrected chi connectivity index (χ0v) is 12.8. The van der Waals surface area contributed by atoms with Crippen LogP contribution in [0.15, 0.2) is 0 Å². The van der Waals surface area contributed by atoms with Crippen molar-refractivity contribution in [2.24, 2.45) is 7.05 Å². The van der Waals surface area contributed by atoms with Crippen LogP contribution in [0.3, 0.4) is 0 Å². The van der Waals surface area contributed by atoms with Crippen LogP contribution in [0, 0.1) is 13.8 Å². The maximum atomic E-state index is 12.2. The molecule has 0 spiro atoms. The lowest BCUT2D eigenvalue weighted by Crippen LogP contribution is -2.53. The van der Waals surface area contributed by atoms with Crippen molar-refractivity contribution in [3.63, 3.8) is 0 Å². The molecule has 1 aromatic heterocycles. The highest BCUT2D eigenvalue weighted by Crippen LogP contribution is 2.23. The fraction of sp³-hybridized carbons (Fsp3) is 0.714. The molecule has 2 rings (SSSR count). The number of piperidine rings is 1. The Bertz CT molecular complexity index is 529. The van der Waals surface area contributed by atoms with Crippen LogP contribution < -0.4 is 4.74 Å². The third kappa shape index (κ3) is 3.36. The predicted octanol–water partition coefficient (Wildman–Crippen LogP) is -0.238. The van der Waals surface area contributed by atoms with E-state index in [-0.39, 0.29) is 25.7 Å². The fourth-order valence-electron chi connectivity index (χ4n) is 2.64. The molecule has 7 heteroatoms. The number of carbonyl (C=O) groups is 1. The molecule has 0 saturated carbocycles. The third-order valence-corrected chi connectivity index (χ3v) is 3.98. The number of likely N-dealkylation sites (tertiary alicyclic amines) is 1. The normalized spacial score (nSPS) is 22.4. The molecule has 7 nitrogen and oxygen atoms in total. The number of ether oxygens (including phenoxy) is 1. The van der Waals surface area contributed by atoms with E-state index in [9.17, 15) is 15.0 Å². The van der Waals surface area contributed by atoms with Crippen LogP contribution in [-0.2, 0) is 11.8 Å². The molecule has 1 amide bonds. The van der Waals surface area contributed by atoms with Crippen molar-refractivity contribution >= 4 is 5.91 Å². The lowest BCUT2D eigenvalue weighted by Gasteiger charge is -2.37. The molecule has 1 saturated heterocycles. The number of rotatable bonds is 4. The molecule has 1 fully saturated rings. The molecule has 0 radical (unpaired) electrons. The first-order chi connectivity index (χ1) is 9.86. The molecule has 0 aromatic carbocycles. The number of hydrogen-bond donors (Lipinski definition) is 2. The molecular weight excluding hydrogens is 274 g/mol. The largest absolute Gasteiger partial charge is 0.480 e. The molecule has 1 aliphatic rings. The summed E-state index contributed by atoms with van der Waals surface area (Å²) in [6, 6.07) is 0. The molecule has 21 heavy (non-hydrogen) atoms. The summed E-state index contributed by atoms with van der Waals surface area (Å²) in [6.07, 6.45) is 1.18. The van der Waals surface area contributed by atoms with Gasteiger partial charge in [0.15, 0.2) is 12.4 Å². The van der Waals surface area contributed by atoms with Gasteiger partial charge >= 0.3 is 0 Å². The standard InChI is InChI=1S/C14H23N3O4/c1-10-13(11(2)16(3)15-10)21-7-12(19)17-6-4-5-14(20,8-17)9-18/h18,20H,4-9H2,1-3H3. The van der Waals surface area contributed by atoms with Crippen molar-refractivity contribution in [2.45, 2.75) is 32.3 Å². The van der Waals surface area contributed by atoms with Gasteiger partial charge in [0, 0.05) is 13.6 Å². The summed E-state index contributed by atoms with van der Waals surface area (Å²) in [7, 11) is 1.82. The highest BCUT2D eigenvalue weighted by Gasteiger charge is 2.34. The van der Waals surface area contributed by atoms with Crippen molar-refractivity contribution in [3.8, 4) is 5.75 Å². The van der Waals surface area contributed by atoms with Gasteiger partial charge in [-0.25, -0.2) is 0 Å². The van der Waals surface area contributed by atoms with E-state index in [2.05, 4.69) is 5.10 Å². The quantitative estimate of drug-likeness (QED) is 0.801. The van der Waals surface area contributed by atoms with Crippen LogP contribution in [-0.4, -0.2) is 62.7 Å². The first kappa shape index (κ1) is 15.8. The molecule has 1 aliphatic heterocycles. The van der Waals surface area contributed by atoms with Gasteiger partial charge in [0.05, 0.1) is 18.8 Å². The van der Waals surface area contributed by atoms with Crippen LogP contribution in [0.1, 0.15) is 24.2 Å². The Kier molecular flexibility index (Phi) is 4.53. The van der Waals surface area contributed by atoms with Gasteiger partial charge in [-0.3, -0.25) is 9.48 Å². The second-order valence-electron chi connectivity index (χ2n) is 5.71. The van der Waals surface area contributed by atoms with Gasteiger partial charge in [-0.05, 0) is 26.7 Å². The lowest BCUT2D eigenvalue weighted by molar-refractivity contribution is -0.142. The number of carbonyl (C=O) groups excluding carboxylic acids is 1. The Balaban J connectivity index is 1.96. The van der Waals surface area contributed by atoms with Crippen LogP contribution in [0.5, 0.6) is 5.75 Å². The van der Waals surface area contributed by atoms with Crippen molar-refractivity contribution in [3.05, 3.63) is 11.4 Å². The maximum absolute atomic E-state index is 12.2. The Morgan fingerprint density at radius 3 is 2.76 bits per heavy atom. The zero-order valence-electron chi connectivity index (χ0n) is 12.8. The van der Waals surface area contributed by atoms with Gasteiger partial charge in [-0.2, -0.15) is 5.10 Å². The average molecular weight is 297 g/mol.